The molecule has 1 aliphatic rings. The van der Waals surface area contributed by atoms with Gasteiger partial charge >= 0.3 is 5.97 Å². The number of ether oxygens (including phenoxy) is 3. The zero-order chi connectivity index (χ0) is 24.6. The molecule has 0 aromatic heterocycles. The third-order valence-electron chi connectivity index (χ3n) is 6.47. The first-order valence-corrected chi connectivity index (χ1v) is 14.8. The van der Waals surface area contributed by atoms with E-state index in [0.29, 0.717) is 0 Å². The van der Waals surface area contributed by atoms with E-state index < -0.39 is 41.7 Å². The van der Waals surface area contributed by atoms with E-state index in [-0.39, 0.29) is 18.1 Å². The first-order valence-electron chi connectivity index (χ1n) is 10.8. The molecule has 1 aromatic rings. The second kappa shape index (κ2) is 9.72. The Kier molecular flexibility index (Phi) is 8.48. The number of rotatable bonds is 6. The maximum Gasteiger partial charge on any atom is 0.311 e. The van der Waals surface area contributed by atoms with Crippen molar-refractivity contribution in [3.63, 3.8) is 0 Å². The second-order valence-corrected chi connectivity index (χ2v) is 17.3. The molecule has 1 aromatic carbocycles. The van der Waals surface area contributed by atoms with Crippen LogP contribution in [0.15, 0.2) is 30.3 Å². The molecule has 0 unspecified atom stereocenters. The molecule has 0 spiro atoms. The summed E-state index contributed by atoms with van der Waals surface area (Å²) in [6, 6.07) is 9.62. The molecule has 3 atom stereocenters. The molecule has 1 fully saturated rings. The van der Waals surface area contributed by atoms with Crippen LogP contribution >= 0.6 is 34.8 Å². The summed E-state index contributed by atoms with van der Waals surface area (Å²) in [7, 11) is -2.48. The van der Waals surface area contributed by atoms with Crippen LogP contribution in [-0.2, 0) is 23.4 Å². The molecule has 1 heterocycles. The highest BCUT2D eigenvalue weighted by molar-refractivity contribution is 6.74. The van der Waals surface area contributed by atoms with Gasteiger partial charge in [-0.1, -0.05) is 99.8 Å². The SMILES string of the molecule is CCOC(=O)C[C@@]1(O[Si](C)(C)C(C)(C)C)O[C@H](C(Cl)(Cl)Cl)O[C@H](c2ccccc2)C1(C)C. The average molecular weight is 526 g/mol. The van der Waals surface area contributed by atoms with Gasteiger partial charge in [-0.05, 0) is 30.6 Å². The summed E-state index contributed by atoms with van der Waals surface area (Å²) < 4.78 is 22.9. The molecule has 9 heteroatoms. The molecular formula is C23H35Cl3O5Si. The van der Waals surface area contributed by atoms with Crippen LogP contribution in [0.4, 0.5) is 0 Å². The molecule has 2 rings (SSSR count). The third kappa shape index (κ3) is 5.83. The Morgan fingerprint density at radius 2 is 1.69 bits per heavy atom. The Bertz CT molecular complexity index is 789. The number of alkyl halides is 3. The van der Waals surface area contributed by atoms with E-state index in [0.717, 1.165) is 5.56 Å². The second-order valence-electron chi connectivity index (χ2n) is 10.2. The zero-order valence-corrected chi connectivity index (χ0v) is 23.4. The highest BCUT2D eigenvalue weighted by Crippen LogP contribution is 2.58. The molecule has 0 radical (unpaired) electrons. The van der Waals surface area contributed by atoms with E-state index >= 15 is 0 Å². The number of hydrogen-bond acceptors (Lipinski definition) is 5. The van der Waals surface area contributed by atoms with Crippen LogP contribution in [0.2, 0.25) is 18.1 Å². The molecule has 0 N–H and O–H groups in total. The average Bonchev–Trinajstić information content (AvgIpc) is 2.62. The number of esters is 1. The predicted octanol–water partition coefficient (Wildman–Crippen LogP) is 7.17. The lowest BCUT2D eigenvalue weighted by molar-refractivity contribution is -0.398. The van der Waals surface area contributed by atoms with Crippen LogP contribution in [0.25, 0.3) is 0 Å². The minimum absolute atomic E-state index is 0.162. The van der Waals surface area contributed by atoms with Crippen molar-refractivity contribution in [2.75, 3.05) is 6.61 Å². The van der Waals surface area contributed by atoms with Crippen LogP contribution < -0.4 is 0 Å². The molecule has 0 amide bonds. The van der Waals surface area contributed by atoms with Gasteiger partial charge in [0, 0.05) is 5.41 Å². The van der Waals surface area contributed by atoms with Gasteiger partial charge in [-0.3, -0.25) is 4.79 Å². The molecule has 1 saturated heterocycles. The van der Waals surface area contributed by atoms with Gasteiger partial charge in [0.15, 0.2) is 14.1 Å². The Balaban J connectivity index is 2.71. The summed E-state index contributed by atoms with van der Waals surface area (Å²) in [5.41, 5.74) is 0.0235. The minimum atomic E-state index is -2.48. The van der Waals surface area contributed by atoms with Crippen molar-refractivity contribution in [2.24, 2.45) is 5.41 Å². The fourth-order valence-corrected chi connectivity index (χ4v) is 5.34. The molecular weight excluding hydrogens is 491 g/mol. The van der Waals surface area contributed by atoms with Gasteiger partial charge in [-0.15, -0.1) is 0 Å². The summed E-state index contributed by atoms with van der Waals surface area (Å²) in [5.74, 6) is -1.90. The third-order valence-corrected chi connectivity index (χ3v) is 11.5. The van der Waals surface area contributed by atoms with Crippen LogP contribution in [0, 0.1) is 5.41 Å². The molecule has 0 bridgehead atoms. The quantitative estimate of drug-likeness (QED) is 0.224. The largest absolute Gasteiger partial charge is 0.466 e. The zero-order valence-electron chi connectivity index (χ0n) is 20.1. The van der Waals surface area contributed by atoms with Crippen molar-refractivity contribution in [1.29, 1.82) is 0 Å². The number of hydrogen-bond donors (Lipinski definition) is 0. The van der Waals surface area contributed by atoms with E-state index in [1.165, 1.54) is 0 Å². The Hall–Kier alpha value is -0.343. The van der Waals surface area contributed by atoms with Gasteiger partial charge in [0.05, 0.1) is 19.1 Å². The van der Waals surface area contributed by atoms with Gasteiger partial charge in [-0.2, -0.15) is 0 Å². The summed E-state index contributed by atoms with van der Waals surface area (Å²) in [6.45, 7) is 16.4. The predicted molar refractivity (Wildman–Crippen MR) is 131 cm³/mol. The number of carbonyl (C=O) groups is 1. The summed E-state index contributed by atoms with van der Waals surface area (Å²) in [6.07, 6.45) is -1.99. The van der Waals surface area contributed by atoms with E-state index in [2.05, 4.69) is 33.9 Å². The van der Waals surface area contributed by atoms with Crippen LogP contribution in [0.1, 0.15) is 59.6 Å². The fraction of sp³-hybridized carbons (Fsp3) is 0.696. The first kappa shape index (κ1) is 27.9. The molecule has 32 heavy (non-hydrogen) atoms. The highest BCUT2D eigenvalue weighted by atomic mass is 35.6. The van der Waals surface area contributed by atoms with Crippen molar-refractivity contribution in [3.8, 4) is 0 Å². The standard InChI is InChI=1S/C23H35Cl3O5Si/c1-9-28-17(27)15-22(31-32(7,8)20(2,3)4)21(5,6)18(16-13-11-10-12-14-16)29-19(30-22)23(24,25)26/h10-14,18-19H,9,15H2,1-8H3/t18-,19-,22+/m1/s1. The molecule has 5 nitrogen and oxygen atoms in total. The number of benzene rings is 1. The number of halogens is 3. The molecule has 0 saturated carbocycles. The Morgan fingerprint density at radius 1 is 1.12 bits per heavy atom. The summed E-state index contributed by atoms with van der Waals surface area (Å²) >= 11 is 18.8. The van der Waals surface area contributed by atoms with Gasteiger partial charge in [0.1, 0.15) is 0 Å². The van der Waals surface area contributed by atoms with Crippen molar-refractivity contribution in [3.05, 3.63) is 35.9 Å². The van der Waals surface area contributed by atoms with Crippen LogP contribution in [0.5, 0.6) is 0 Å². The molecule has 1 aliphatic heterocycles. The highest BCUT2D eigenvalue weighted by Gasteiger charge is 2.64. The van der Waals surface area contributed by atoms with E-state index in [1.54, 1.807) is 6.92 Å². The molecule has 0 aliphatic carbocycles. The van der Waals surface area contributed by atoms with Crippen LogP contribution in [0.3, 0.4) is 0 Å². The monoisotopic (exact) mass is 524 g/mol. The van der Waals surface area contributed by atoms with Gasteiger partial charge in [0.25, 0.3) is 0 Å². The lowest BCUT2D eigenvalue weighted by Gasteiger charge is -2.58. The Morgan fingerprint density at radius 3 is 2.16 bits per heavy atom. The normalized spacial score (nSPS) is 26.6. The van der Waals surface area contributed by atoms with Crippen molar-refractivity contribution in [1.82, 2.24) is 0 Å². The van der Waals surface area contributed by atoms with Crippen LogP contribution in [-0.4, -0.2) is 36.8 Å². The smallest absolute Gasteiger partial charge is 0.311 e. The van der Waals surface area contributed by atoms with Crippen molar-refractivity contribution >= 4 is 49.1 Å². The lowest BCUT2D eigenvalue weighted by atomic mass is 9.73. The van der Waals surface area contributed by atoms with Gasteiger partial charge in [0.2, 0.25) is 10.1 Å². The Labute approximate surface area is 208 Å². The van der Waals surface area contributed by atoms with Crippen molar-refractivity contribution < 1.29 is 23.4 Å². The summed E-state index contributed by atoms with van der Waals surface area (Å²) in [4.78, 5) is 12.8. The van der Waals surface area contributed by atoms with E-state index in [1.807, 2.05) is 44.2 Å². The summed E-state index contributed by atoms with van der Waals surface area (Å²) in [5, 5.41) is -0.163. The lowest BCUT2D eigenvalue weighted by Crippen LogP contribution is -2.66. The van der Waals surface area contributed by atoms with E-state index in [9.17, 15) is 4.79 Å². The van der Waals surface area contributed by atoms with Gasteiger partial charge < -0.3 is 18.6 Å². The van der Waals surface area contributed by atoms with E-state index in [4.69, 9.17) is 53.4 Å². The van der Waals surface area contributed by atoms with Crippen molar-refractivity contribution in [2.45, 2.75) is 88.1 Å². The minimum Gasteiger partial charge on any atom is -0.466 e. The topological polar surface area (TPSA) is 54.0 Å². The fourth-order valence-electron chi connectivity index (χ4n) is 3.54. The maximum absolute atomic E-state index is 12.8. The number of carbonyl (C=O) groups excluding carboxylic acids is 1. The maximum atomic E-state index is 12.8. The molecule has 182 valence electrons. The van der Waals surface area contributed by atoms with Gasteiger partial charge in [-0.25, -0.2) is 0 Å². The first-order chi connectivity index (χ1) is 14.5.